The normalized spacial score (nSPS) is 17.0. The third-order valence-electron chi connectivity index (χ3n) is 3.86. The maximum absolute atomic E-state index is 13.2. The van der Waals surface area contributed by atoms with Crippen molar-refractivity contribution in [1.82, 2.24) is 15.2 Å². The first-order chi connectivity index (χ1) is 11.5. The van der Waals surface area contributed by atoms with Crippen molar-refractivity contribution in [1.29, 1.82) is 0 Å². The fourth-order valence-corrected chi connectivity index (χ4v) is 3.46. The summed E-state index contributed by atoms with van der Waals surface area (Å²) < 4.78 is 13.2. The highest BCUT2D eigenvalue weighted by molar-refractivity contribution is 7.09. The van der Waals surface area contributed by atoms with Crippen molar-refractivity contribution in [2.45, 2.75) is 18.9 Å². The number of carbonyl (C=O) groups excluding carboxylic acids is 2. The summed E-state index contributed by atoms with van der Waals surface area (Å²) in [5.74, 6) is -0.560. The van der Waals surface area contributed by atoms with Gasteiger partial charge in [0.2, 0.25) is 0 Å². The molecule has 126 valence electrons. The summed E-state index contributed by atoms with van der Waals surface area (Å²) in [7, 11) is 0. The van der Waals surface area contributed by atoms with E-state index in [4.69, 9.17) is 5.73 Å². The number of nitrogens with two attached hydrogens (primary N) is 1. The van der Waals surface area contributed by atoms with Gasteiger partial charge in [0.15, 0.2) is 0 Å². The number of nitrogens with zero attached hydrogens (tertiary/aromatic N) is 2. The predicted molar refractivity (Wildman–Crippen MR) is 88.3 cm³/mol. The van der Waals surface area contributed by atoms with Gasteiger partial charge in [-0.3, -0.25) is 4.79 Å². The van der Waals surface area contributed by atoms with Gasteiger partial charge in [0.25, 0.3) is 5.91 Å². The van der Waals surface area contributed by atoms with Gasteiger partial charge >= 0.3 is 6.03 Å². The Kier molecular flexibility index (Phi) is 4.75. The van der Waals surface area contributed by atoms with Crippen molar-refractivity contribution >= 4 is 23.3 Å². The second kappa shape index (κ2) is 6.96. The molecule has 1 aliphatic rings. The number of likely N-dealkylation sites (tertiary alicyclic amines) is 1. The quantitative estimate of drug-likeness (QED) is 0.882. The number of hydrogen-bond donors (Lipinski definition) is 2. The van der Waals surface area contributed by atoms with Crippen LogP contribution in [0.3, 0.4) is 0 Å². The lowest BCUT2D eigenvalue weighted by atomic mass is 10.1. The van der Waals surface area contributed by atoms with Crippen LogP contribution in [-0.2, 0) is 6.42 Å². The molecule has 6 nitrogen and oxygen atoms in total. The predicted octanol–water partition coefficient (Wildman–Crippen LogP) is 1.76. The highest BCUT2D eigenvalue weighted by Gasteiger charge is 2.26. The maximum atomic E-state index is 13.2. The monoisotopic (exact) mass is 348 g/mol. The lowest BCUT2D eigenvalue weighted by Gasteiger charge is -2.13. The van der Waals surface area contributed by atoms with E-state index in [-0.39, 0.29) is 17.8 Å². The van der Waals surface area contributed by atoms with E-state index < -0.39 is 6.03 Å². The first kappa shape index (κ1) is 16.4. The molecule has 3 N–H and O–H groups in total. The lowest BCUT2D eigenvalue weighted by Crippen LogP contribution is -2.40. The summed E-state index contributed by atoms with van der Waals surface area (Å²) >= 11 is 1.36. The molecule has 1 aromatic carbocycles. The molecule has 1 aromatic heterocycles. The SMILES string of the molecule is NC(=O)N1CCC(NC(=O)c2csc(Cc3cccc(F)c3)n2)C1. The van der Waals surface area contributed by atoms with Gasteiger partial charge in [0, 0.05) is 30.9 Å². The molecule has 24 heavy (non-hydrogen) atoms. The molecule has 1 unspecified atom stereocenters. The zero-order valence-corrected chi connectivity index (χ0v) is 13.7. The molecule has 1 fully saturated rings. The minimum absolute atomic E-state index is 0.113. The van der Waals surface area contributed by atoms with Gasteiger partial charge in [-0.15, -0.1) is 11.3 Å². The number of rotatable bonds is 4. The van der Waals surface area contributed by atoms with Crippen LogP contribution in [0.2, 0.25) is 0 Å². The highest BCUT2D eigenvalue weighted by atomic mass is 32.1. The van der Waals surface area contributed by atoms with Crippen LogP contribution in [0.25, 0.3) is 0 Å². The van der Waals surface area contributed by atoms with Gasteiger partial charge in [-0.1, -0.05) is 12.1 Å². The average Bonchev–Trinajstić information content (AvgIpc) is 3.17. The number of hydrogen-bond acceptors (Lipinski definition) is 4. The van der Waals surface area contributed by atoms with Crippen molar-refractivity contribution in [3.8, 4) is 0 Å². The number of urea groups is 1. The van der Waals surface area contributed by atoms with E-state index in [0.29, 0.717) is 31.6 Å². The molecule has 2 aromatic rings. The minimum atomic E-state index is -0.474. The second-order valence-corrected chi connectivity index (χ2v) is 6.62. The van der Waals surface area contributed by atoms with Gasteiger partial charge in [-0.2, -0.15) is 0 Å². The van der Waals surface area contributed by atoms with E-state index in [2.05, 4.69) is 10.3 Å². The Balaban J connectivity index is 1.59. The van der Waals surface area contributed by atoms with Crippen LogP contribution in [0.15, 0.2) is 29.6 Å². The summed E-state index contributed by atoms with van der Waals surface area (Å²) in [5.41, 5.74) is 6.37. The molecular formula is C16H17FN4O2S. The Morgan fingerprint density at radius 3 is 3.00 bits per heavy atom. The Morgan fingerprint density at radius 1 is 1.46 bits per heavy atom. The number of amides is 3. The Labute approximate surface area is 142 Å². The van der Waals surface area contributed by atoms with E-state index in [1.54, 1.807) is 11.4 Å². The highest BCUT2D eigenvalue weighted by Crippen LogP contribution is 2.16. The molecule has 3 amide bonds. The smallest absolute Gasteiger partial charge is 0.314 e. The standard InChI is InChI=1S/C16H17FN4O2S/c17-11-3-1-2-10(6-11)7-14-20-13(9-24-14)15(22)19-12-4-5-21(8-12)16(18)23/h1-3,6,9,12H,4-5,7-8H2,(H2,18,23)(H,19,22). The third kappa shape index (κ3) is 3.88. The maximum Gasteiger partial charge on any atom is 0.314 e. The molecule has 1 atom stereocenters. The lowest BCUT2D eigenvalue weighted by molar-refractivity contribution is 0.0933. The number of aromatic nitrogens is 1. The second-order valence-electron chi connectivity index (χ2n) is 5.68. The number of carbonyl (C=O) groups is 2. The summed E-state index contributed by atoms with van der Waals surface area (Å²) in [4.78, 5) is 29.1. The molecule has 8 heteroatoms. The topological polar surface area (TPSA) is 88.3 Å². The molecule has 0 aliphatic carbocycles. The number of nitrogens with one attached hydrogen (secondary N) is 1. The third-order valence-corrected chi connectivity index (χ3v) is 4.71. The zero-order chi connectivity index (χ0) is 17.1. The van der Waals surface area contributed by atoms with E-state index in [1.807, 2.05) is 6.07 Å². The van der Waals surface area contributed by atoms with Crippen LogP contribution >= 0.6 is 11.3 Å². The first-order valence-corrected chi connectivity index (χ1v) is 8.43. The average molecular weight is 348 g/mol. The Hall–Kier alpha value is -2.48. The minimum Gasteiger partial charge on any atom is -0.351 e. The largest absolute Gasteiger partial charge is 0.351 e. The van der Waals surface area contributed by atoms with Gasteiger partial charge in [-0.25, -0.2) is 14.2 Å². The summed E-state index contributed by atoms with van der Waals surface area (Å²) in [6.45, 7) is 0.962. The van der Waals surface area contributed by atoms with Crippen LogP contribution in [0.4, 0.5) is 9.18 Å². The van der Waals surface area contributed by atoms with Crippen molar-refractivity contribution < 1.29 is 14.0 Å². The van der Waals surface area contributed by atoms with Crippen LogP contribution < -0.4 is 11.1 Å². The molecule has 0 radical (unpaired) electrons. The van der Waals surface area contributed by atoms with Gasteiger partial charge in [0.05, 0.1) is 5.01 Å². The van der Waals surface area contributed by atoms with Crippen molar-refractivity contribution in [2.75, 3.05) is 13.1 Å². The van der Waals surface area contributed by atoms with E-state index >= 15 is 0 Å². The molecule has 3 rings (SSSR count). The molecule has 0 bridgehead atoms. The first-order valence-electron chi connectivity index (χ1n) is 7.55. The van der Waals surface area contributed by atoms with Gasteiger partial charge < -0.3 is 16.0 Å². The van der Waals surface area contributed by atoms with Crippen molar-refractivity contribution in [2.24, 2.45) is 5.73 Å². The van der Waals surface area contributed by atoms with Crippen LogP contribution in [0, 0.1) is 5.82 Å². The fraction of sp³-hybridized carbons (Fsp3) is 0.312. The molecule has 0 saturated carbocycles. The summed E-state index contributed by atoms with van der Waals surface area (Å²) in [6.07, 6.45) is 1.16. The summed E-state index contributed by atoms with van der Waals surface area (Å²) in [5, 5.41) is 5.29. The molecule has 2 heterocycles. The van der Waals surface area contributed by atoms with E-state index in [9.17, 15) is 14.0 Å². The summed E-state index contributed by atoms with van der Waals surface area (Å²) in [6, 6.07) is 5.73. The number of thiazole rings is 1. The molecule has 0 spiro atoms. The molecular weight excluding hydrogens is 331 g/mol. The fourth-order valence-electron chi connectivity index (χ4n) is 2.66. The number of primary amides is 1. The van der Waals surface area contributed by atoms with Crippen LogP contribution in [0.1, 0.15) is 27.5 Å². The van der Waals surface area contributed by atoms with E-state index in [1.165, 1.54) is 28.4 Å². The van der Waals surface area contributed by atoms with Crippen LogP contribution in [-0.4, -0.2) is 41.0 Å². The van der Waals surface area contributed by atoms with E-state index in [0.717, 1.165) is 10.6 Å². The Morgan fingerprint density at radius 2 is 2.29 bits per heavy atom. The van der Waals surface area contributed by atoms with Crippen molar-refractivity contribution in [3.05, 3.63) is 51.7 Å². The number of benzene rings is 1. The molecule has 1 aliphatic heterocycles. The van der Waals surface area contributed by atoms with Gasteiger partial charge in [-0.05, 0) is 24.1 Å². The number of halogens is 1. The Bertz CT molecular complexity index is 764. The van der Waals surface area contributed by atoms with Crippen molar-refractivity contribution in [3.63, 3.8) is 0 Å². The van der Waals surface area contributed by atoms with Crippen LogP contribution in [0.5, 0.6) is 0 Å². The molecule has 1 saturated heterocycles. The zero-order valence-electron chi connectivity index (χ0n) is 12.9. The van der Waals surface area contributed by atoms with Gasteiger partial charge in [0.1, 0.15) is 11.5 Å².